The van der Waals surface area contributed by atoms with Crippen molar-refractivity contribution in [1.82, 2.24) is 9.55 Å². The van der Waals surface area contributed by atoms with Crippen LogP contribution < -0.4 is 5.56 Å². The van der Waals surface area contributed by atoms with E-state index in [0.717, 1.165) is 30.5 Å². The summed E-state index contributed by atoms with van der Waals surface area (Å²) in [6, 6.07) is 12.8. The maximum absolute atomic E-state index is 13.3. The Bertz CT molecular complexity index is 1090. The molecular formula is C21H19ClN2O2S. The predicted octanol–water partition coefficient (Wildman–Crippen LogP) is 4.95. The lowest BCUT2D eigenvalue weighted by molar-refractivity contribution is -0.119. The van der Waals surface area contributed by atoms with E-state index >= 15 is 0 Å². The van der Waals surface area contributed by atoms with Gasteiger partial charge in [-0.1, -0.05) is 48.0 Å². The fourth-order valence-corrected chi connectivity index (χ4v) is 4.84. The van der Waals surface area contributed by atoms with Crippen LogP contribution in [0.15, 0.2) is 52.4 Å². The van der Waals surface area contributed by atoms with Crippen molar-refractivity contribution in [1.29, 1.82) is 0 Å². The van der Waals surface area contributed by atoms with Crippen molar-refractivity contribution in [2.75, 3.05) is 0 Å². The molecule has 1 atom stereocenters. The van der Waals surface area contributed by atoms with Crippen LogP contribution in [-0.2, 0) is 4.79 Å². The SMILES string of the molecule is Cc1ccccc1-n1c(S[C@@H]2CCCCC2=O)nc2cc(Cl)ccc2c1=O. The smallest absolute Gasteiger partial charge is 0.266 e. The molecule has 0 N–H and O–H groups in total. The van der Waals surface area contributed by atoms with Gasteiger partial charge < -0.3 is 0 Å². The molecule has 1 saturated carbocycles. The van der Waals surface area contributed by atoms with E-state index in [9.17, 15) is 9.59 Å². The lowest BCUT2D eigenvalue weighted by Gasteiger charge is -2.22. The van der Waals surface area contributed by atoms with Crippen LogP contribution in [-0.4, -0.2) is 20.6 Å². The number of para-hydroxylation sites is 1. The Balaban J connectivity index is 1.94. The van der Waals surface area contributed by atoms with Crippen LogP contribution in [0.4, 0.5) is 0 Å². The highest BCUT2D eigenvalue weighted by Gasteiger charge is 2.26. The number of nitrogens with zero attached hydrogens (tertiary/aromatic N) is 2. The highest BCUT2D eigenvalue weighted by atomic mass is 35.5. The molecule has 1 aromatic heterocycles. The standard InChI is InChI=1S/C21H19ClN2O2S/c1-13-6-2-3-7-17(13)24-20(26)15-11-10-14(22)12-16(15)23-21(24)27-19-9-5-4-8-18(19)25/h2-3,6-7,10-12,19H,4-5,8-9H2,1H3/t19-/m1/s1. The number of halogens is 1. The van der Waals surface area contributed by atoms with E-state index in [-0.39, 0.29) is 16.6 Å². The molecule has 0 aliphatic heterocycles. The number of benzene rings is 2. The zero-order chi connectivity index (χ0) is 19.0. The number of thioether (sulfide) groups is 1. The van der Waals surface area contributed by atoms with Gasteiger partial charge in [0.15, 0.2) is 5.16 Å². The summed E-state index contributed by atoms with van der Waals surface area (Å²) < 4.78 is 1.64. The normalized spacial score (nSPS) is 17.4. The van der Waals surface area contributed by atoms with Gasteiger partial charge in [-0.15, -0.1) is 0 Å². The van der Waals surface area contributed by atoms with Crippen LogP contribution in [0.3, 0.4) is 0 Å². The molecule has 1 heterocycles. The molecule has 4 rings (SSSR count). The van der Waals surface area contributed by atoms with Crippen LogP contribution in [0.2, 0.25) is 5.02 Å². The van der Waals surface area contributed by atoms with E-state index in [1.165, 1.54) is 11.8 Å². The number of ketones is 1. The van der Waals surface area contributed by atoms with E-state index in [1.54, 1.807) is 22.8 Å². The lowest BCUT2D eigenvalue weighted by atomic mass is 9.99. The third-order valence-electron chi connectivity index (χ3n) is 4.90. The number of Topliss-reactive ketones (excluding diaryl/α,β-unsaturated/α-hetero) is 1. The predicted molar refractivity (Wildman–Crippen MR) is 110 cm³/mol. The maximum Gasteiger partial charge on any atom is 0.266 e. The molecule has 138 valence electrons. The minimum atomic E-state index is -0.155. The van der Waals surface area contributed by atoms with Crippen LogP contribution in [0.5, 0.6) is 0 Å². The maximum atomic E-state index is 13.3. The van der Waals surface area contributed by atoms with Gasteiger partial charge in [0.2, 0.25) is 0 Å². The minimum absolute atomic E-state index is 0.142. The molecule has 3 aromatic rings. The third-order valence-corrected chi connectivity index (χ3v) is 6.41. The molecule has 1 fully saturated rings. The summed E-state index contributed by atoms with van der Waals surface area (Å²) in [7, 11) is 0. The van der Waals surface area contributed by atoms with Gasteiger partial charge in [-0.3, -0.25) is 14.2 Å². The first-order valence-electron chi connectivity index (χ1n) is 9.02. The van der Waals surface area contributed by atoms with Crippen molar-refractivity contribution in [2.45, 2.75) is 43.0 Å². The Morgan fingerprint density at radius 2 is 1.96 bits per heavy atom. The zero-order valence-corrected chi connectivity index (χ0v) is 16.5. The Hall–Kier alpha value is -2.11. The second-order valence-corrected chi connectivity index (χ2v) is 8.41. The number of carbonyl (C=O) groups is 1. The average Bonchev–Trinajstić information content (AvgIpc) is 2.65. The molecule has 0 bridgehead atoms. The largest absolute Gasteiger partial charge is 0.298 e. The van der Waals surface area contributed by atoms with E-state index in [4.69, 9.17) is 16.6 Å². The third kappa shape index (κ3) is 3.54. The second-order valence-electron chi connectivity index (χ2n) is 6.80. The summed E-state index contributed by atoms with van der Waals surface area (Å²) >= 11 is 7.51. The lowest BCUT2D eigenvalue weighted by Crippen LogP contribution is -2.26. The molecule has 1 aliphatic carbocycles. The molecule has 0 unspecified atom stereocenters. The Labute approximate surface area is 166 Å². The van der Waals surface area contributed by atoms with Crippen LogP contribution >= 0.6 is 23.4 Å². The Morgan fingerprint density at radius 3 is 2.74 bits per heavy atom. The number of aryl methyl sites for hydroxylation is 1. The number of hydrogen-bond acceptors (Lipinski definition) is 4. The first-order chi connectivity index (χ1) is 13.0. The minimum Gasteiger partial charge on any atom is -0.298 e. The number of aromatic nitrogens is 2. The number of fused-ring (bicyclic) bond motifs is 1. The Kier molecular flexibility index (Phi) is 5.06. The van der Waals surface area contributed by atoms with Gasteiger partial charge in [-0.25, -0.2) is 4.98 Å². The first-order valence-corrected chi connectivity index (χ1v) is 10.3. The summed E-state index contributed by atoms with van der Waals surface area (Å²) in [5.41, 5.74) is 2.18. The number of carbonyl (C=O) groups excluding carboxylic acids is 1. The fraction of sp³-hybridized carbons (Fsp3) is 0.286. The first kappa shape index (κ1) is 18.3. The van der Waals surface area contributed by atoms with Gasteiger partial charge in [0, 0.05) is 11.4 Å². The van der Waals surface area contributed by atoms with Crippen molar-refractivity contribution >= 4 is 40.0 Å². The molecule has 0 radical (unpaired) electrons. The van der Waals surface area contributed by atoms with Crippen molar-refractivity contribution in [3.8, 4) is 5.69 Å². The summed E-state index contributed by atoms with van der Waals surface area (Å²) in [6.07, 6.45) is 3.39. The zero-order valence-electron chi connectivity index (χ0n) is 14.9. The molecule has 0 saturated heterocycles. The van der Waals surface area contributed by atoms with E-state index in [2.05, 4.69) is 0 Å². The van der Waals surface area contributed by atoms with E-state index in [0.29, 0.717) is 27.5 Å². The van der Waals surface area contributed by atoms with Gasteiger partial charge in [0.25, 0.3) is 5.56 Å². The van der Waals surface area contributed by atoms with Crippen molar-refractivity contribution < 1.29 is 4.79 Å². The van der Waals surface area contributed by atoms with Gasteiger partial charge in [0.05, 0.1) is 21.8 Å². The molecule has 0 spiro atoms. The molecule has 6 heteroatoms. The summed E-state index contributed by atoms with van der Waals surface area (Å²) in [6.45, 7) is 1.97. The van der Waals surface area contributed by atoms with Crippen LogP contribution in [0.1, 0.15) is 31.2 Å². The van der Waals surface area contributed by atoms with Crippen molar-refractivity contribution in [3.63, 3.8) is 0 Å². The summed E-state index contributed by atoms with van der Waals surface area (Å²) in [5, 5.41) is 1.44. The highest BCUT2D eigenvalue weighted by Crippen LogP contribution is 2.32. The molecule has 2 aromatic carbocycles. The van der Waals surface area contributed by atoms with Crippen molar-refractivity contribution in [3.05, 3.63) is 63.4 Å². The monoisotopic (exact) mass is 398 g/mol. The van der Waals surface area contributed by atoms with E-state index < -0.39 is 0 Å². The second kappa shape index (κ2) is 7.49. The van der Waals surface area contributed by atoms with Crippen LogP contribution in [0, 0.1) is 6.92 Å². The fourth-order valence-electron chi connectivity index (χ4n) is 3.45. The summed E-state index contributed by atoms with van der Waals surface area (Å²) in [5.74, 6) is 0.239. The molecule has 0 amide bonds. The molecule has 4 nitrogen and oxygen atoms in total. The number of hydrogen-bond donors (Lipinski definition) is 0. The summed E-state index contributed by atoms with van der Waals surface area (Å²) in [4.78, 5) is 30.4. The molecular weight excluding hydrogens is 380 g/mol. The Morgan fingerprint density at radius 1 is 1.15 bits per heavy atom. The van der Waals surface area contributed by atoms with E-state index in [1.807, 2.05) is 31.2 Å². The quantitative estimate of drug-likeness (QED) is 0.585. The molecule has 27 heavy (non-hydrogen) atoms. The highest BCUT2D eigenvalue weighted by molar-refractivity contribution is 8.00. The average molecular weight is 399 g/mol. The molecule has 1 aliphatic rings. The van der Waals surface area contributed by atoms with Gasteiger partial charge in [-0.05, 0) is 49.6 Å². The van der Waals surface area contributed by atoms with Gasteiger partial charge in [0.1, 0.15) is 5.78 Å². The van der Waals surface area contributed by atoms with Gasteiger partial charge in [-0.2, -0.15) is 0 Å². The topological polar surface area (TPSA) is 52.0 Å². The van der Waals surface area contributed by atoms with Crippen molar-refractivity contribution in [2.24, 2.45) is 0 Å². The van der Waals surface area contributed by atoms with Crippen LogP contribution in [0.25, 0.3) is 16.6 Å². The number of rotatable bonds is 3. The van der Waals surface area contributed by atoms with Gasteiger partial charge >= 0.3 is 0 Å².